The van der Waals surface area contributed by atoms with Gasteiger partial charge in [0.1, 0.15) is 0 Å². The molecule has 104 valence electrons. The number of nitrogens with two attached hydrogens (primary N) is 1. The Kier molecular flexibility index (Phi) is 4.62. The van der Waals surface area contributed by atoms with Crippen molar-refractivity contribution in [3.63, 3.8) is 0 Å². The average Bonchev–Trinajstić information content (AvgIpc) is 2.38. The molecule has 0 aromatic heterocycles. The van der Waals surface area contributed by atoms with Crippen LogP contribution in [0.2, 0.25) is 0 Å². The first-order valence-corrected chi connectivity index (χ1v) is 7.31. The lowest BCUT2D eigenvalue weighted by Gasteiger charge is -2.41. The summed E-state index contributed by atoms with van der Waals surface area (Å²) < 4.78 is 0. The summed E-state index contributed by atoms with van der Waals surface area (Å²) in [6.07, 6.45) is 4.45. The van der Waals surface area contributed by atoms with Gasteiger partial charge in [0.25, 0.3) is 0 Å². The fraction of sp³-hybridized carbons (Fsp3) is 0.929. The molecule has 1 saturated heterocycles. The smallest absolute Gasteiger partial charge is 0.226 e. The van der Waals surface area contributed by atoms with Crippen molar-refractivity contribution >= 4 is 5.91 Å². The van der Waals surface area contributed by atoms with Crippen LogP contribution in [0.1, 0.15) is 32.6 Å². The van der Waals surface area contributed by atoms with Gasteiger partial charge in [-0.2, -0.15) is 0 Å². The zero-order chi connectivity index (χ0) is 13.1. The monoisotopic (exact) mass is 253 g/mol. The molecule has 1 saturated carbocycles. The van der Waals surface area contributed by atoms with E-state index in [9.17, 15) is 4.79 Å². The molecule has 1 aliphatic heterocycles. The number of rotatable bonds is 2. The summed E-state index contributed by atoms with van der Waals surface area (Å²) in [4.78, 5) is 17.0. The third-order valence-corrected chi connectivity index (χ3v) is 4.58. The number of carbonyl (C=O) groups excluding carboxylic acids is 1. The predicted molar refractivity (Wildman–Crippen MR) is 73.2 cm³/mol. The van der Waals surface area contributed by atoms with Crippen molar-refractivity contribution in [2.75, 3.05) is 33.2 Å². The van der Waals surface area contributed by atoms with Gasteiger partial charge in [-0.1, -0.05) is 6.42 Å². The van der Waals surface area contributed by atoms with Gasteiger partial charge in [0.05, 0.1) is 0 Å². The molecule has 18 heavy (non-hydrogen) atoms. The Hall–Kier alpha value is -0.610. The third-order valence-electron chi connectivity index (χ3n) is 4.58. The Morgan fingerprint density at radius 2 is 2.11 bits per heavy atom. The first-order chi connectivity index (χ1) is 8.61. The summed E-state index contributed by atoms with van der Waals surface area (Å²) in [5.74, 6) is 1.18. The zero-order valence-electron chi connectivity index (χ0n) is 11.8. The molecule has 3 atom stereocenters. The predicted octanol–water partition coefficient (Wildman–Crippen LogP) is 0.914. The van der Waals surface area contributed by atoms with Crippen LogP contribution in [0, 0.1) is 11.8 Å². The van der Waals surface area contributed by atoms with Gasteiger partial charge in [0, 0.05) is 31.6 Å². The normalized spacial score (nSPS) is 34.6. The molecule has 1 heterocycles. The minimum atomic E-state index is 0.234. The van der Waals surface area contributed by atoms with Crippen LogP contribution >= 0.6 is 0 Å². The van der Waals surface area contributed by atoms with Gasteiger partial charge in [-0.05, 0) is 45.7 Å². The van der Waals surface area contributed by atoms with Gasteiger partial charge in [0.2, 0.25) is 5.91 Å². The van der Waals surface area contributed by atoms with Crippen molar-refractivity contribution in [2.24, 2.45) is 17.6 Å². The molecule has 0 radical (unpaired) electrons. The van der Waals surface area contributed by atoms with Crippen molar-refractivity contribution in [2.45, 2.75) is 38.6 Å². The average molecular weight is 253 g/mol. The quantitative estimate of drug-likeness (QED) is 0.796. The van der Waals surface area contributed by atoms with Crippen molar-refractivity contribution in [3.8, 4) is 0 Å². The minimum Gasteiger partial charge on any atom is -0.337 e. The maximum absolute atomic E-state index is 12.6. The fourth-order valence-corrected chi connectivity index (χ4v) is 3.43. The molecule has 3 unspecified atom stereocenters. The summed E-state index contributed by atoms with van der Waals surface area (Å²) >= 11 is 0. The van der Waals surface area contributed by atoms with Crippen LogP contribution in [-0.4, -0.2) is 55.0 Å². The molecule has 1 aliphatic carbocycles. The minimum absolute atomic E-state index is 0.234. The standard InChI is InChI=1S/C14H27N3O/c1-11-10-16(2)6-7-17(11)14(18)13-5-3-4-12(8-13)9-15/h11-13H,3-10,15H2,1-2H3. The Labute approximate surface area is 110 Å². The van der Waals surface area contributed by atoms with E-state index < -0.39 is 0 Å². The molecule has 4 heteroatoms. The number of amides is 1. The molecule has 1 amide bonds. The highest BCUT2D eigenvalue weighted by Crippen LogP contribution is 2.30. The Balaban J connectivity index is 1.94. The first kappa shape index (κ1) is 13.8. The SMILES string of the molecule is CC1CN(C)CCN1C(=O)C1CCCC(CN)C1. The second-order valence-corrected chi connectivity index (χ2v) is 6.11. The molecule has 0 spiro atoms. The molecule has 0 bridgehead atoms. The van der Waals surface area contributed by atoms with Crippen molar-refractivity contribution in [1.29, 1.82) is 0 Å². The van der Waals surface area contributed by atoms with Gasteiger partial charge < -0.3 is 15.5 Å². The molecular weight excluding hydrogens is 226 g/mol. The van der Waals surface area contributed by atoms with Gasteiger partial charge in [-0.15, -0.1) is 0 Å². The molecule has 2 N–H and O–H groups in total. The van der Waals surface area contributed by atoms with E-state index in [0.717, 1.165) is 39.0 Å². The number of carbonyl (C=O) groups is 1. The van der Waals surface area contributed by atoms with Crippen LogP contribution in [0.4, 0.5) is 0 Å². The lowest BCUT2D eigenvalue weighted by atomic mass is 9.80. The number of likely N-dealkylation sites (N-methyl/N-ethyl adjacent to an activating group) is 1. The molecule has 2 fully saturated rings. The van der Waals surface area contributed by atoms with E-state index in [2.05, 4.69) is 23.8 Å². The van der Waals surface area contributed by atoms with Gasteiger partial charge >= 0.3 is 0 Å². The van der Waals surface area contributed by atoms with E-state index >= 15 is 0 Å². The van der Waals surface area contributed by atoms with Crippen LogP contribution in [0.15, 0.2) is 0 Å². The topological polar surface area (TPSA) is 49.6 Å². The second kappa shape index (κ2) is 6.02. The Bertz CT molecular complexity index is 295. The van der Waals surface area contributed by atoms with Crippen LogP contribution in [0.5, 0.6) is 0 Å². The van der Waals surface area contributed by atoms with E-state index in [1.807, 2.05) is 0 Å². The molecule has 4 nitrogen and oxygen atoms in total. The van der Waals surface area contributed by atoms with Gasteiger partial charge in [-0.25, -0.2) is 0 Å². The maximum Gasteiger partial charge on any atom is 0.226 e. The number of piperazine rings is 1. The van der Waals surface area contributed by atoms with Gasteiger partial charge in [0.15, 0.2) is 0 Å². The third kappa shape index (κ3) is 3.04. The summed E-state index contributed by atoms with van der Waals surface area (Å²) in [5.41, 5.74) is 5.76. The lowest BCUT2D eigenvalue weighted by molar-refractivity contribution is -0.141. The summed E-state index contributed by atoms with van der Waals surface area (Å²) in [7, 11) is 2.13. The molecule has 2 rings (SSSR count). The highest BCUT2D eigenvalue weighted by molar-refractivity contribution is 5.79. The second-order valence-electron chi connectivity index (χ2n) is 6.11. The summed E-state index contributed by atoms with van der Waals surface area (Å²) in [6.45, 7) is 5.79. The number of hydrogen-bond acceptors (Lipinski definition) is 3. The summed E-state index contributed by atoms with van der Waals surface area (Å²) in [6, 6.07) is 0.356. The fourth-order valence-electron chi connectivity index (χ4n) is 3.43. The Morgan fingerprint density at radius 1 is 1.33 bits per heavy atom. The summed E-state index contributed by atoms with van der Waals surface area (Å²) in [5, 5.41) is 0. The number of hydrogen-bond donors (Lipinski definition) is 1. The largest absolute Gasteiger partial charge is 0.337 e. The van der Waals surface area contributed by atoms with Crippen LogP contribution in [-0.2, 0) is 4.79 Å². The van der Waals surface area contributed by atoms with Crippen molar-refractivity contribution in [3.05, 3.63) is 0 Å². The molecule has 2 aliphatic rings. The first-order valence-electron chi connectivity index (χ1n) is 7.31. The Morgan fingerprint density at radius 3 is 2.78 bits per heavy atom. The van der Waals surface area contributed by atoms with Crippen LogP contribution < -0.4 is 5.73 Å². The number of nitrogens with zero attached hydrogens (tertiary/aromatic N) is 2. The van der Waals surface area contributed by atoms with E-state index in [0.29, 0.717) is 17.9 Å². The molecule has 0 aromatic rings. The maximum atomic E-state index is 12.6. The van der Waals surface area contributed by atoms with Gasteiger partial charge in [-0.3, -0.25) is 4.79 Å². The van der Waals surface area contributed by atoms with Crippen LogP contribution in [0.25, 0.3) is 0 Å². The highest BCUT2D eigenvalue weighted by Gasteiger charge is 2.33. The van der Waals surface area contributed by atoms with Crippen molar-refractivity contribution < 1.29 is 4.79 Å². The highest BCUT2D eigenvalue weighted by atomic mass is 16.2. The lowest BCUT2D eigenvalue weighted by Crippen LogP contribution is -2.54. The zero-order valence-corrected chi connectivity index (χ0v) is 11.8. The van der Waals surface area contributed by atoms with E-state index in [-0.39, 0.29) is 5.92 Å². The molecular formula is C14H27N3O. The molecule has 0 aromatic carbocycles. The van der Waals surface area contributed by atoms with Crippen molar-refractivity contribution in [1.82, 2.24) is 9.80 Å². The van der Waals surface area contributed by atoms with E-state index in [1.54, 1.807) is 0 Å². The van der Waals surface area contributed by atoms with E-state index in [1.165, 1.54) is 12.8 Å². The van der Waals surface area contributed by atoms with Crippen LogP contribution in [0.3, 0.4) is 0 Å². The van der Waals surface area contributed by atoms with E-state index in [4.69, 9.17) is 5.73 Å².